The van der Waals surface area contributed by atoms with Crippen LogP contribution < -0.4 is 11.0 Å². The number of hydrogen-bond donors (Lipinski definition) is 1. The second-order valence-corrected chi connectivity index (χ2v) is 7.66. The van der Waals surface area contributed by atoms with E-state index in [-0.39, 0.29) is 30.6 Å². The average Bonchev–Trinajstić information content (AvgIpc) is 3.09. The second-order valence-electron chi connectivity index (χ2n) is 7.66. The lowest BCUT2D eigenvalue weighted by Gasteiger charge is -2.30. The number of carbonyl (C=O) groups is 2. The third-order valence-corrected chi connectivity index (χ3v) is 5.50. The molecule has 1 aliphatic heterocycles. The van der Waals surface area contributed by atoms with Crippen LogP contribution in [0, 0.1) is 0 Å². The summed E-state index contributed by atoms with van der Waals surface area (Å²) in [5, 5.41) is 7.26. The van der Waals surface area contributed by atoms with Crippen LogP contribution in [0.15, 0.2) is 35.1 Å². The molecule has 9 nitrogen and oxygen atoms in total. The number of aromatic nitrogens is 3. The van der Waals surface area contributed by atoms with Crippen LogP contribution in [0.5, 0.6) is 0 Å². The molecule has 1 aromatic heterocycles. The van der Waals surface area contributed by atoms with E-state index in [4.69, 9.17) is 4.74 Å². The molecule has 9 heteroatoms. The number of nitrogens with zero attached hydrogens (tertiary/aromatic N) is 4. The van der Waals surface area contributed by atoms with E-state index < -0.39 is 5.97 Å². The van der Waals surface area contributed by atoms with Gasteiger partial charge in [-0.25, -0.2) is 9.48 Å². The first-order chi connectivity index (χ1) is 15.0. The molecular formula is C22H31N5O4. The summed E-state index contributed by atoms with van der Waals surface area (Å²) >= 11 is 0. The van der Waals surface area contributed by atoms with Crippen molar-refractivity contribution >= 4 is 11.9 Å². The van der Waals surface area contributed by atoms with Gasteiger partial charge in [-0.05, 0) is 45.3 Å². The first-order valence-corrected chi connectivity index (χ1v) is 10.9. The van der Waals surface area contributed by atoms with Crippen LogP contribution in [-0.2, 0) is 27.4 Å². The van der Waals surface area contributed by atoms with Gasteiger partial charge in [0.15, 0.2) is 0 Å². The Balaban J connectivity index is 1.56. The lowest BCUT2D eigenvalue weighted by Crippen LogP contribution is -2.42. The van der Waals surface area contributed by atoms with E-state index in [9.17, 15) is 14.4 Å². The average molecular weight is 430 g/mol. The second kappa shape index (κ2) is 10.9. The van der Waals surface area contributed by atoms with Crippen LogP contribution >= 0.6 is 0 Å². The summed E-state index contributed by atoms with van der Waals surface area (Å²) in [4.78, 5) is 38.3. The predicted octanol–water partition coefficient (Wildman–Crippen LogP) is 0.972. The summed E-state index contributed by atoms with van der Waals surface area (Å²) in [5.41, 5.74) is 0.961. The van der Waals surface area contributed by atoms with E-state index in [1.165, 1.54) is 0 Å². The van der Waals surface area contributed by atoms with Crippen molar-refractivity contribution in [3.63, 3.8) is 0 Å². The highest BCUT2D eigenvalue weighted by molar-refractivity contribution is 5.83. The third-order valence-electron chi connectivity index (χ3n) is 5.50. The summed E-state index contributed by atoms with van der Waals surface area (Å²) in [6.45, 7) is 6.64. The maximum atomic E-state index is 12.8. The molecule has 1 fully saturated rings. The number of carbonyl (C=O) groups excluding carboxylic acids is 2. The SMILES string of the molecule is CCOC(=O)CNC(=O)CN1CCC(c2nn(Cc3ccccc3)c(=O)n2CC)CC1. The number of esters is 1. The van der Waals surface area contributed by atoms with Gasteiger partial charge in [0, 0.05) is 12.5 Å². The molecule has 0 radical (unpaired) electrons. The molecule has 168 valence electrons. The van der Waals surface area contributed by atoms with Crippen LogP contribution in [0.1, 0.15) is 44.0 Å². The van der Waals surface area contributed by atoms with Gasteiger partial charge in [0.2, 0.25) is 5.91 Å². The lowest BCUT2D eigenvalue weighted by atomic mass is 9.96. The van der Waals surface area contributed by atoms with E-state index in [0.717, 1.165) is 37.3 Å². The fourth-order valence-electron chi connectivity index (χ4n) is 3.91. The maximum Gasteiger partial charge on any atom is 0.346 e. The number of benzene rings is 1. The molecule has 3 rings (SSSR count). The molecule has 0 bridgehead atoms. The topological polar surface area (TPSA) is 98.5 Å². The molecule has 0 saturated carbocycles. The first-order valence-electron chi connectivity index (χ1n) is 10.9. The van der Waals surface area contributed by atoms with Gasteiger partial charge in [-0.1, -0.05) is 30.3 Å². The maximum absolute atomic E-state index is 12.8. The Labute approximate surface area is 182 Å². The zero-order chi connectivity index (χ0) is 22.2. The van der Waals surface area contributed by atoms with Crippen LogP contribution in [0.25, 0.3) is 0 Å². The molecule has 1 aromatic carbocycles. The molecule has 2 heterocycles. The van der Waals surface area contributed by atoms with E-state index >= 15 is 0 Å². The summed E-state index contributed by atoms with van der Waals surface area (Å²) in [7, 11) is 0. The van der Waals surface area contributed by atoms with Crippen LogP contribution in [0.2, 0.25) is 0 Å². The molecule has 0 unspecified atom stereocenters. The Morgan fingerprint density at radius 1 is 1.16 bits per heavy atom. The molecule has 1 amide bonds. The van der Waals surface area contributed by atoms with Gasteiger partial charge in [0.1, 0.15) is 12.4 Å². The number of rotatable bonds is 9. The Morgan fingerprint density at radius 3 is 2.52 bits per heavy atom. The third kappa shape index (κ3) is 6.04. The first kappa shape index (κ1) is 22.7. The van der Waals surface area contributed by atoms with Crippen molar-refractivity contribution in [3.8, 4) is 0 Å². The zero-order valence-electron chi connectivity index (χ0n) is 18.2. The van der Waals surface area contributed by atoms with Gasteiger partial charge in [0.05, 0.1) is 19.7 Å². The molecule has 1 N–H and O–H groups in total. The smallest absolute Gasteiger partial charge is 0.346 e. The summed E-state index contributed by atoms with van der Waals surface area (Å²) < 4.78 is 8.12. The Morgan fingerprint density at radius 2 is 1.87 bits per heavy atom. The van der Waals surface area contributed by atoms with Gasteiger partial charge in [-0.15, -0.1) is 0 Å². The minimum Gasteiger partial charge on any atom is -0.465 e. The number of piperidine rings is 1. The summed E-state index contributed by atoms with van der Waals surface area (Å²) in [5.74, 6) is 0.389. The van der Waals surface area contributed by atoms with Gasteiger partial charge in [0.25, 0.3) is 0 Å². The molecule has 1 aliphatic rings. The van der Waals surface area contributed by atoms with Crippen molar-refractivity contribution < 1.29 is 14.3 Å². The molecule has 31 heavy (non-hydrogen) atoms. The highest BCUT2D eigenvalue weighted by atomic mass is 16.5. The van der Waals surface area contributed by atoms with Crippen molar-refractivity contribution in [2.24, 2.45) is 0 Å². The minimum atomic E-state index is -0.432. The zero-order valence-corrected chi connectivity index (χ0v) is 18.2. The van der Waals surface area contributed by atoms with Crippen LogP contribution in [-0.4, -0.2) is 63.9 Å². The van der Waals surface area contributed by atoms with Gasteiger partial charge in [-0.2, -0.15) is 5.10 Å². The number of ether oxygens (including phenoxy) is 1. The largest absolute Gasteiger partial charge is 0.465 e. The summed E-state index contributed by atoms with van der Waals surface area (Å²) in [6, 6.07) is 9.84. The van der Waals surface area contributed by atoms with Gasteiger partial charge >= 0.3 is 11.7 Å². The van der Waals surface area contributed by atoms with Gasteiger partial charge < -0.3 is 10.1 Å². The fourth-order valence-corrected chi connectivity index (χ4v) is 3.91. The number of amides is 1. The Bertz CT molecular complexity index is 929. The lowest BCUT2D eigenvalue weighted by molar-refractivity contribution is -0.143. The number of hydrogen-bond acceptors (Lipinski definition) is 6. The van der Waals surface area contributed by atoms with E-state index in [2.05, 4.69) is 15.3 Å². The Hall–Kier alpha value is -2.94. The normalized spacial score (nSPS) is 15.0. The monoisotopic (exact) mass is 429 g/mol. The van der Waals surface area contributed by atoms with Crippen molar-refractivity contribution in [1.29, 1.82) is 0 Å². The van der Waals surface area contributed by atoms with Crippen molar-refractivity contribution in [3.05, 3.63) is 52.2 Å². The van der Waals surface area contributed by atoms with Crippen molar-refractivity contribution in [2.75, 3.05) is 32.8 Å². The van der Waals surface area contributed by atoms with Crippen molar-refractivity contribution in [2.45, 2.75) is 45.7 Å². The Kier molecular flexibility index (Phi) is 8.00. The quantitative estimate of drug-likeness (QED) is 0.597. The van der Waals surface area contributed by atoms with E-state index in [0.29, 0.717) is 19.7 Å². The number of likely N-dealkylation sites (tertiary alicyclic amines) is 1. The molecule has 1 saturated heterocycles. The molecular weight excluding hydrogens is 398 g/mol. The molecule has 0 atom stereocenters. The van der Waals surface area contributed by atoms with Crippen LogP contribution in [0.3, 0.4) is 0 Å². The highest BCUT2D eigenvalue weighted by Gasteiger charge is 2.27. The molecule has 2 aromatic rings. The fraction of sp³-hybridized carbons (Fsp3) is 0.545. The highest BCUT2D eigenvalue weighted by Crippen LogP contribution is 2.26. The summed E-state index contributed by atoms with van der Waals surface area (Å²) in [6.07, 6.45) is 1.65. The van der Waals surface area contributed by atoms with Crippen molar-refractivity contribution in [1.82, 2.24) is 24.6 Å². The standard InChI is InChI=1S/C22H31N5O4/c1-3-26-21(24-27(22(26)30)15-17-8-6-5-7-9-17)18-10-12-25(13-11-18)16-19(28)23-14-20(29)31-4-2/h5-9,18H,3-4,10-16H2,1-2H3,(H,23,28). The van der Waals surface area contributed by atoms with Gasteiger partial charge in [-0.3, -0.25) is 19.1 Å². The molecule has 0 aliphatic carbocycles. The van der Waals surface area contributed by atoms with E-state index in [1.807, 2.05) is 37.3 Å². The minimum absolute atomic E-state index is 0.0814. The molecule has 0 spiro atoms. The predicted molar refractivity (Wildman–Crippen MR) is 116 cm³/mol. The van der Waals surface area contributed by atoms with Crippen LogP contribution in [0.4, 0.5) is 0 Å². The van der Waals surface area contributed by atoms with E-state index in [1.54, 1.807) is 16.2 Å². The number of nitrogens with one attached hydrogen (secondary N) is 1.